The highest BCUT2D eigenvalue weighted by molar-refractivity contribution is 5.52. The number of nitrogens with zero attached hydrogens (tertiary/aromatic N) is 1. The molecule has 2 bridgehead atoms. The van der Waals surface area contributed by atoms with Crippen molar-refractivity contribution < 1.29 is 9.48 Å². The minimum absolute atomic E-state index is 0.401. The zero-order chi connectivity index (χ0) is 10.8. The van der Waals surface area contributed by atoms with Gasteiger partial charge < -0.3 is 9.94 Å². The van der Waals surface area contributed by atoms with Crippen molar-refractivity contribution in [2.75, 3.05) is 20.3 Å². The summed E-state index contributed by atoms with van der Waals surface area (Å²) in [5.74, 6) is 1.25. The molecular weight excluding hydrogens is 190 g/mol. The molecule has 0 aromatic carbocycles. The van der Waals surface area contributed by atoms with E-state index < -0.39 is 0 Å². The number of allylic oxidation sites excluding steroid dienone is 3. The van der Waals surface area contributed by atoms with Gasteiger partial charge in [-0.2, -0.15) is 0 Å². The third kappa shape index (κ3) is 2.12. The number of ether oxygens (including phenoxy) is 1. The molecule has 0 saturated carbocycles. The van der Waals surface area contributed by atoms with Crippen molar-refractivity contribution in [1.82, 2.24) is 0 Å². The molecule has 0 N–H and O–H groups in total. The Bertz CT molecular complexity index is 338. The molecular formula is C12H17NO2. The predicted molar refractivity (Wildman–Crippen MR) is 59.9 cm³/mol. The second kappa shape index (κ2) is 4.19. The number of fused-ring (bicyclic) bond motifs is 2. The van der Waals surface area contributed by atoms with Crippen LogP contribution in [0.1, 0.15) is 13.3 Å². The maximum absolute atomic E-state index is 10.6. The average Bonchev–Trinajstić information content (AvgIpc) is 2.74. The molecule has 0 heterocycles. The van der Waals surface area contributed by atoms with Gasteiger partial charge in [0, 0.05) is 5.92 Å². The molecule has 0 radical (unpaired) electrons. The molecule has 82 valence electrons. The van der Waals surface area contributed by atoms with Crippen LogP contribution in [0.5, 0.6) is 0 Å². The molecule has 15 heavy (non-hydrogen) atoms. The van der Waals surface area contributed by atoms with E-state index in [1.54, 1.807) is 0 Å². The van der Waals surface area contributed by atoms with Crippen LogP contribution in [0.25, 0.3) is 0 Å². The molecule has 0 fully saturated rings. The topological polar surface area (TPSA) is 35.3 Å². The number of hydroxylamine groups is 1. The van der Waals surface area contributed by atoms with Gasteiger partial charge in [0.2, 0.25) is 0 Å². The van der Waals surface area contributed by atoms with E-state index in [1.165, 1.54) is 30.8 Å². The monoisotopic (exact) mass is 207 g/mol. The van der Waals surface area contributed by atoms with E-state index in [4.69, 9.17) is 4.74 Å². The van der Waals surface area contributed by atoms with Crippen molar-refractivity contribution in [3.63, 3.8) is 0 Å². The van der Waals surface area contributed by atoms with Crippen LogP contribution in [0.4, 0.5) is 0 Å². The summed E-state index contributed by atoms with van der Waals surface area (Å²) >= 11 is 0. The van der Waals surface area contributed by atoms with Gasteiger partial charge in [-0.3, -0.25) is 0 Å². The van der Waals surface area contributed by atoms with E-state index in [0.29, 0.717) is 25.0 Å². The number of rotatable bonds is 4. The summed E-state index contributed by atoms with van der Waals surface area (Å²) in [7, 11) is 1.47. The van der Waals surface area contributed by atoms with Crippen molar-refractivity contribution >= 4 is 6.21 Å². The van der Waals surface area contributed by atoms with Crippen molar-refractivity contribution in [2.45, 2.75) is 13.3 Å². The largest absolute Gasteiger partial charge is 0.624 e. The summed E-state index contributed by atoms with van der Waals surface area (Å²) in [5.41, 5.74) is 2.89. The van der Waals surface area contributed by atoms with Crippen LogP contribution in [-0.4, -0.2) is 31.2 Å². The fourth-order valence-electron chi connectivity index (χ4n) is 2.36. The summed E-state index contributed by atoms with van der Waals surface area (Å²) < 4.78 is 6.24. The van der Waals surface area contributed by atoms with Crippen molar-refractivity contribution in [3.8, 4) is 0 Å². The predicted octanol–water partition coefficient (Wildman–Crippen LogP) is 1.74. The zero-order valence-electron chi connectivity index (χ0n) is 9.27. The Kier molecular flexibility index (Phi) is 2.91. The first kappa shape index (κ1) is 10.4. The Morgan fingerprint density at radius 3 is 2.87 bits per heavy atom. The van der Waals surface area contributed by atoms with Crippen LogP contribution >= 0.6 is 0 Å². The molecule has 3 nitrogen and oxygen atoms in total. The standard InChI is InChI=1S/C12H17NO2/c1-9-10-3-4-11(7-10)12(9)8-15-6-5-13(2)14/h3-5,10-11H,6-8H2,1-2H3/b13-5-. The quantitative estimate of drug-likeness (QED) is 0.176. The van der Waals surface area contributed by atoms with Gasteiger partial charge in [0.1, 0.15) is 13.7 Å². The van der Waals surface area contributed by atoms with E-state index in [0.717, 1.165) is 4.74 Å². The third-order valence-electron chi connectivity index (χ3n) is 3.30. The Balaban J connectivity index is 1.84. The van der Waals surface area contributed by atoms with E-state index in [9.17, 15) is 5.21 Å². The lowest BCUT2D eigenvalue weighted by Gasteiger charge is -2.12. The molecule has 3 heteroatoms. The zero-order valence-corrected chi connectivity index (χ0v) is 9.27. The Morgan fingerprint density at radius 1 is 1.53 bits per heavy atom. The van der Waals surface area contributed by atoms with Gasteiger partial charge in [-0.05, 0) is 24.8 Å². The fraction of sp³-hybridized carbons (Fsp3) is 0.583. The summed E-state index contributed by atoms with van der Waals surface area (Å²) in [6.07, 6.45) is 7.30. The van der Waals surface area contributed by atoms with Crippen LogP contribution in [0.2, 0.25) is 0 Å². The lowest BCUT2D eigenvalue weighted by molar-refractivity contribution is -0.419. The van der Waals surface area contributed by atoms with Gasteiger partial charge in [0.05, 0.1) is 6.61 Å². The molecule has 2 rings (SSSR count). The SMILES string of the molecule is CC1=C(COC/C=[N+](/C)[O-])C2C=CC1C2. The van der Waals surface area contributed by atoms with Crippen molar-refractivity contribution in [3.05, 3.63) is 28.5 Å². The van der Waals surface area contributed by atoms with Crippen LogP contribution < -0.4 is 0 Å². The van der Waals surface area contributed by atoms with E-state index in [2.05, 4.69) is 19.1 Å². The van der Waals surface area contributed by atoms with Gasteiger partial charge >= 0.3 is 0 Å². The van der Waals surface area contributed by atoms with Gasteiger partial charge in [0.15, 0.2) is 6.21 Å². The first-order valence-corrected chi connectivity index (χ1v) is 5.37. The van der Waals surface area contributed by atoms with Crippen molar-refractivity contribution in [1.29, 1.82) is 0 Å². The molecule has 0 aliphatic heterocycles. The van der Waals surface area contributed by atoms with E-state index >= 15 is 0 Å². The summed E-state index contributed by atoms with van der Waals surface area (Å²) in [6, 6.07) is 0. The molecule has 2 aliphatic rings. The maximum atomic E-state index is 10.6. The van der Waals surface area contributed by atoms with Gasteiger partial charge in [-0.25, -0.2) is 4.74 Å². The normalized spacial score (nSPS) is 29.3. The number of hydrogen-bond donors (Lipinski definition) is 0. The molecule has 0 spiro atoms. The minimum atomic E-state index is 0.401. The summed E-state index contributed by atoms with van der Waals surface area (Å²) in [5, 5.41) is 10.6. The third-order valence-corrected chi connectivity index (χ3v) is 3.30. The Labute approximate surface area is 90.3 Å². The lowest BCUT2D eigenvalue weighted by Crippen LogP contribution is -2.09. The first-order chi connectivity index (χ1) is 7.18. The first-order valence-electron chi connectivity index (χ1n) is 5.37. The Morgan fingerprint density at radius 2 is 2.27 bits per heavy atom. The van der Waals surface area contributed by atoms with E-state index in [1.807, 2.05) is 0 Å². The van der Waals surface area contributed by atoms with Crippen LogP contribution in [0, 0.1) is 17.0 Å². The summed E-state index contributed by atoms with van der Waals surface area (Å²) in [4.78, 5) is 0. The second-order valence-corrected chi connectivity index (χ2v) is 4.29. The molecule has 2 atom stereocenters. The van der Waals surface area contributed by atoms with Gasteiger partial charge in [0.25, 0.3) is 0 Å². The summed E-state index contributed by atoms with van der Waals surface area (Å²) in [6.45, 7) is 3.26. The Hall–Kier alpha value is -1.09. The molecule has 2 aliphatic carbocycles. The lowest BCUT2D eigenvalue weighted by atomic mass is 9.99. The molecule has 0 aromatic heterocycles. The average molecular weight is 207 g/mol. The van der Waals surface area contributed by atoms with Crippen LogP contribution in [0.15, 0.2) is 23.3 Å². The van der Waals surface area contributed by atoms with E-state index in [-0.39, 0.29) is 0 Å². The molecule has 0 saturated heterocycles. The number of hydrogen-bond acceptors (Lipinski definition) is 2. The van der Waals surface area contributed by atoms with Gasteiger partial charge in [-0.1, -0.05) is 17.7 Å². The highest BCUT2D eigenvalue weighted by Crippen LogP contribution is 2.43. The fourth-order valence-corrected chi connectivity index (χ4v) is 2.36. The molecule has 0 amide bonds. The van der Waals surface area contributed by atoms with Crippen LogP contribution in [0.3, 0.4) is 0 Å². The van der Waals surface area contributed by atoms with Crippen LogP contribution in [-0.2, 0) is 4.74 Å². The van der Waals surface area contributed by atoms with Gasteiger partial charge in [-0.15, -0.1) is 0 Å². The molecule has 2 unspecified atom stereocenters. The highest BCUT2D eigenvalue weighted by atomic mass is 16.5. The smallest absolute Gasteiger partial charge is 0.176 e. The minimum Gasteiger partial charge on any atom is -0.624 e. The maximum Gasteiger partial charge on any atom is 0.176 e. The van der Waals surface area contributed by atoms with Crippen molar-refractivity contribution in [2.24, 2.45) is 11.8 Å². The second-order valence-electron chi connectivity index (χ2n) is 4.29. The molecule has 0 aromatic rings. The highest BCUT2D eigenvalue weighted by Gasteiger charge is 2.32.